The largest absolute Gasteiger partial charge is 0.390 e. The highest BCUT2D eigenvalue weighted by atomic mass is 16.3. The van der Waals surface area contributed by atoms with Crippen molar-refractivity contribution in [3.05, 3.63) is 24.0 Å². The predicted molar refractivity (Wildman–Crippen MR) is 74.2 cm³/mol. The zero-order chi connectivity index (χ0) is 13.9. The van der Waals surface area contributed by atoms with Crippen molar-refractivity contribution in [2.75, 3.05) is 25.5 Å². The minimum atomic E-state index is -0.654. The summed E-state index contributed by atoms with van der Waals surface area (Å²) in [6.45, 7) is 3.13. The zero-order valence-electron chi connectivity index (χ0n) is 11.5. The molecule has 1 aromatic rings. The van der Waals surface area contributed by atoms with Crippen LogP contribution in [-0.2, 0) is 0 Å². The van der Waals surface area contributed by atoms with Crippen LogP contribution in [0, 0.1) is 0 Å². The minimum Gasteiger partial charge on any atom is -0.390 e. The van der Waals surface area contributed by atoms with Gasteiger partial charge in [0.2, 0.25) is 0 Å². The first-order valence-electron chi connectivity index (χ1n) is 6.67. The number of carbonyl (C=O) groups is 1. The molecule has 1 atom stereocenters. The Balaban J connectivity index is 2.15. The summed E-state index contributed by atoms with van der Waals surface area (Å²) in [5.41, 5.74) is 0.724. The van der Waals surface area contributed by atoms with Crippen LogP contribution in [0.15, 0.2) is 18.5 Å². The van der Waals surface area contributed by atoms with Gasteiger partial charge in [-0.2, -0.15) is 0 Å². The topological polar surface area (TPSA) is 65.5 Å². The van der Waals surface area contributed by atoms with E-state index >= 15 is 0 Å². The van der Waals surface area contributed by atoms with Crippen LogP contribution in [0.4, 0.5) is 5.69 Å². The zero-order valence-corrected chi connectivity index (χ0v) is 11.5. The summed E-state index contributed by atoms with van der Waals surface area (Å²) in [4.78, 5) is 18.3. The van der Waals surface area contributed by atoms with Crippen molar-refractivity contribution in [3.8, 4) is 0 Å². The number of aliphatic hydroxyl groups is 1. The van der Waals surface area contributed by atoms with Crippen molar-refractivity contribution in [3.63, 3.8) is 0 Å². The monoisotopic (exact) mass is 263 g/mol. The van der Waals surface area contributed by atoms with Crippen molar-refractivity contribution < 1.29 is 9.90 Å². The number of amides is 1. The van der Waals surface area contributed by atoms with Gasteiger partial charge in [-0.25, -0.2) is 0 Å². The lowest BCUT2D eigenvalue weighted by Gasteiger charge is -2.23. The highest BCUT2D eigenvalue weighted by molar-refractivity contribution is 5.99. The highest BCUT2D eigenvalue weighted by Crippen LogP contribution is 2.23. The number of aromatic nitrogens is 1. The normalized spacial score (nSPS) is 23.8. The van der Waals surface area contributed by atoms with E-state index in [2.05, 4.69) is 10.3 Å². The van der Waals surface area contributed by atoms with Crippen molar-refractivity contribution in [2.45, 2.75) is 31.8 Å². The van der Waals surface area contributed by atoms with Crippen LogP contribution < -0.4 is 5.32 Å². The van der Waals surface area contributed by atoms with Gasteiger partial charge >= 0.3 is 0 Å². The van der Waals surface area contributed by atoms with Gasteiger partial charge in [0.15, 0.2) is 0 Å². The molecule has 5 heteroatoms. The first-order valence-corrected chi connectivity index (χ1v) is 6.67. The van der Waals surface area contributed by atoms with Gasteiger partial charge in [0.1, 0.15) is 0 Å². The Hall–Kier alpha value is -1.62. The van der Waals surface area contributed by atoms with Crippen LogP contribution in [0.1, 0.15) is 36.5 Å². The van der Waals surface area contributed by atoms with Crippen LogP contribution in [0.3, 0.4) is 0 Å². The Morgan fingerprint density at radius 1 is 1.47 bits per heavy atom. The average Bonchev–Trinajstić information content (AvgIpc) is 2.59. The quantitative estimate of drug-likeness (QED) is 0.848. The van der Waals surface area contributed by atoms with Crippen molar-refractivity contribution >= 4 is 11.6 Å². The maximum atomic E-state index is 12.5. The summed E-state index contributed by atoms with van der Waals surface area (Å²) in [6.07, 6.45) is 5.48. The Bertz CT molecular complexity index is 460. The number of hydrogen-bond donors (Lipinski definition) is 2. The lowest BCUT2D eigenvalue weighted by Crippen LogP contribution is -2.33. The van der Waals surface area contributed by atoms with E-state index in [1.807, 2.05) is 11.8 Å². The maximum Gasteiger partial charge on any atom is 0.256 e. The van der Waals surface area contributed by atoms with E-state index in [-0.39, 0.29) is 5.91 Å². The summed E-state index contributed by atoms with van der Waals surface area (Å²) in [5.74, 6) is 0.00412. The molecule has 1 aliphatic rings. The molecule has 5 nitrogen and oxygen atoms in total. The Kier molecular flexibility index (Phi) is 4.04. The molecule has 2 N–H and O–H groups in total. The van der Waals surface area contributed by atoms with E-state index < -0.39 is 5.60 Å². The van der Waals surface area contributed by atoms with Crippen molar-refractivity contribution in [1.29, 1.82) is 0 Å². The van der Waals surface area contributed by atoms with Crippen LogP contribution in [0.5, 0.6) is 0 Å². The Morgan fingerprint density at radius 2 is 2.26 bits per heavy atom. The molecule has 0 bridgehead atoms. The molecule has 0 spiro atoms. The van der Waals surface area contributed by atoms with Gasteiger partial charge in [-0.3, -0.25) is 9.78 Å². The van der Waals surface area contributed by atoms with E-state index in [1.54, 1.807) is 25.5 Å². The molecular formula is C14H21N3O2. The Labute approximate surface area is 113 Å². The van der Waals surface area contributed by atoms with E-state index in [0.717, 1.165) is 18.5 Å². The number of pyridine rings is 1. The van der Waals surface area contributed by atoms with E-state index in [0.29, 0.717) is 25.1 Å². The molecule has 0 aliphatic carbocycles. The lowest BCUT2D eigenvalue weighted by molar-refractivity contribution is 0.0438. The second-order valence-electron chi connectivity index (χ2n) is 5.31. The third kappa shape index (κ3) is 3.23. The highest BCUT2D eigenvalue weighted by Gasteiger charge is 2.28. The molecule has 0 saturated carbocycles. The van der Waals surface area contributed by atoms with Crippen LogP contribution >= 0.6 is 0 Å². The maximum absolute atomic E-state index is 12.5. The number of anilines is 1. The summed E-state index contributed by atoms with van der Waals surface area (Å²) in [7, 11) is 1.78. The number of hydrogen-bond acceptors (Lipinski definition) is 4. The first kappa shape index (κ1) is 13.8. The third-order valence-corrected chi connectivity index (χ3v) is 3.67. The van der Waals surface area contributed by atoms with Gasteiger partial charge in [0.25, 0.3) is 5.91 Å². The van der Waals surface area contributed by atoms with Gasteiger partial charge in [0.05, 0.1) is 23.0 Å². The molecule has 2 rings (SSSR count). The van der Waals surface area contributed by atoms with E-state index in [4.69, 9.17) is 0 Å². The summed E-state index contributed by atoms with van der Waals surface area (Å²) >= 11 is 0. The fourth-order valence-electron chi connectivity index (χ4n) is 2.42. The number of rotatable bonds is 2. The molecular weight excluding hydrogens is 242 g/mol. The number of nitrogens with one attached hydrogen (secondary N) is 1. The molecule has 1 aromatic heterocycles. The molecule has 1 amide bonds. The molecule has 1 aliphatic heterocycles. The smallest absolute Gasteiger partial charge is 0.256 e. The fraction of sp³-hybridized carbons (Fsp3) is 0.571. The Morgan fingerprint density at radius 3 is 3.00 bits per heavy atom. The molecule has 1 saturated heterocycles. The first-order chi connectivity index (χ1) is 9.03. The SMILES string of the molecule is CNc1cnccc1C(=O)N1CCCC(C)(O)CC1. The lowest BCUT2D eigenvalue weighted by atomic mass is 9.98. The number of likely N-dealkylation sites (tertiary alicyclic amines) is 1. The second-order valence-corrected chi connectivity index (χ2v) is 5.31. The van der Waals surface area contributed by atoms with Gasteiger partial charge in [-0.05, 0) is 32.3 Å². The predicted octanol–water partition coefficient (Wildman–Crippen LogP) is 1.50. The summed E-state index contributed by atoms with van der Waals surface area (Å²) < 4.78 is 0. The van der Waals surface area contributed by atoms with Crippen LogP contribution in [0.2, 0.25) is 0 Å². The minimum absolute atomic E-state index is 0.00412. The molecule has 2 heterocycles. The number of nitrogens with zero attached hydrogens (tertiary/aromatic N) is 2. The molecule has 19 heavy (non-hydrogen) atoms. The molecule has 0 radical (unpaired) electrons. The standard InChI is InChI=1S/C14H21N3O2/c1-14(19)5-3-8-17(9-6-14)13(18)11-4-7-16-10-12(11)15-2/h4,7,10,15,19H,3,5-6,8-9H2,1-2H3. The van der Waals surface area contributed by atoms with Crippen LogP contribution in [0.25, 0.3) is 0 Å². The fourth-order valence-corrected chi connectivity index (χ4v) is 2.42. The third-order valence-electron chi connectivity index (χ3n) is 3.67. The van der Waals surface area contributed by atoms with Gasteiger partial charge in [-0.15, -0.1) is 0 Å². The summed E-state index contributed by atoms with van der Waals surface area (Å²) in [6, 6.07) is 1.73. The van der Waals surface area contributed by atoms with Crippen molar-refractivity contribution in [2.24, 2.45) is 0 Å². The van der Waals surface area contributed by atoms with Gasteiger partial charge in [0, 0.05) is 26.3 Å². The number of carbonyl (C=O) groups excluding carboxylic acids is 1. The summed E-state index contributed by atoms with van der Waals surface area (Å²) in [5, 5.41) is 13.1. The van der Waals surface area contributed by atoms with Gasteiger partial charge in [-0.1, -0.05) is 0 Å². The molecule has 1 unspecified atom stereocenters. The molecule has 104 valence electrons. The van der Waals surface area contributed by atoms with Crippen molar-refractivity contribution in [1.82, 2.24) is 9.88 Å². The van der Waals surface area contributed by atoms with Crippen LogP contribution in [-0.4, -0.2) is 46.6 Å². The van der Waals surface area contributed by atoms with E-state index in [9.17, 15) is 9.90 Å². The van der Waals surface area contributed by atoms with Gasteiger partial charge < -0.3 is 15.3 Å². The van der Waals surface area contributed by atoms with E-state index in [1.165, 1.54) is 0 Å². The second kappa shape index (κ2) is 5.57. The molecule has 1 fully saturated rings. The molecule has 0 aromatic carbocycles. The average molecular weight is 263 g/mol.